The zero-order chi connectivity index (χ0) is 18.4. The van der Waals surface area contributed by atoms with Gasteiger partial charge in [0.05, 0.1) is 5.01 Å². The molecule has 0 N–H and O–H groups in total. The van der Waals surface area contributed by atoms with Gasteiger partial charge < -0.3 is 4.90 Å². The Hall–Kier alpha value is -2.01. The highest BCUT2D eigenvalue weighted by Gasteiger charge is 2.29. The van der Waals surface area contributed by atoms with Crippen LogP contribution in [-0.4, -0.2) is 34.7 Å². The quantitative estimate of drug-likeness (QED) is 0.736. The SMILES string of the molecule is CCCc1nc(C(=O)N2CCC[C@@H](C(=O)CCc3ccccc3)C2)cs1. The van der Waals surface area contributed by atoms with Crippen molar-refractivity contribution in [3.8, 4) is 0 Å². The number of rotatable bonds is 7. The number of amides is 1. The minimum atomic E-state index is -0.0369. The Kier molecular flexibility index (Phi) is 6.56. The van der Waals surface area contributed by atoms with Crippen molar-refractivity contribution >= 4 is 23.0 Å². The van der Waals surface area contributed by atoms with Crippen LogP contribution in [0.4, 0.5) is 0 Å². The molecule has 4 nitrogen and oxygen atoms in total. The fourth-order valence-corrected chi connectivity index (χ4v) is 4.31. The van der Waals surface area contributed by atoms with Gasteiger partial charge in [-0.25, -0.2) is 4.98 Å². The van der Waals surface area contributed by atoms with E-state index in [1.807, 2.05) is 28.5 Å². The summed E-state index contributed by atoms with van der Waals surface area (Å²) in [6.07, 6.45) is 5.04. The summed E-state index contributed by atoms with van der Waals surface area (Å²) in [5, 5.41) is 2.87. The Morgan fingerprint density at radius 1 is 1.23 bits per heavy atom. The van der Waals surface area contributed by atoms with E-state index in [4.69, 9.17) is 0 Å². The van der Waals surface area contributed by atoms with Crippen molar-refractivity contribution < 1.29 is 9.59 Å². The highest BCUT2D eigenvalue weighted by molar-refractivity contribution is 7.09. The second kappa shape index (κ2) is 9.08. The van der Waals surface area contributed by atoms with Gasteiger partial charge in [0, 0.05) is 30.8 Å². The third-order valence-corrected chi connectivity index (χ3v) is 5.81. The largest absolute Gasteiger partial charge is 0.337 e. The Bertz CT molecular complexity index is 741. The fourth-order valence-electron chi connectivity index (χ4n) is 3.44. The van der Waals surface area contributed by atoms with Gasteiger partial charge in [-0.15, -0.1) is 11.3 Å². The zero-order valence-electron chi connectivity index (χ0n) is 15.3. The number of carbonyl (C=O) groups is 2. The lowest BCUT2D eigenvalue weighted by molar-refractivity contribution is -0.124. The van der Waals surface area contributed by atoms with E-state index < -0.39 is 0 Å². The fraction of sp³-hybridized carbons (Fsp3) is 0.476. The van der Waals surface area contributed by atoms with E-state index in [0.717, 1.165) is 43.7 Å². The number of Topliss-reactive ketones (excluding diaryl/α,β-unsaturated/α-hetero) is 1. The first kappa shape index (κ1) is 18.8. The minimum Gasteiger partial charge on any atom is -0.337 e. The molecule has 5 heteroatoms. The maximum Gasteiger partial charge on any atom is 0.273 e. The standard InChI is InChI=1S/C21H26N2O2S/c1-2-7-20-22-18(15-26-20)21(25)23-13-6-10-17(14-23)19(24)12-11-16-8-4-3-5-9-16/h3-5,8-9,15,17H,2,6-7,10-14H2,1H3/t17-/m1/s1. The second-order valence-corrected chi connectivity index (χ2v) is 7.86. The normalized spacial score (nSPS) is 17.3. The number of aromatic nitrogens is 1. The summed E-state index contributed by atoms with van der Waals surface area (Å²) in [6.45, 7) is 3.37. The monoisotopic (exact) mass is 370 g/mol. The first-order valence-corrected chi connectivity index (χ1v) is 10.4. The highest BCUT2D eigenvalue weighted by Crippen LogP contribution is 2.22. The molecule has 0 radical (unpaired) electrons. The predicted octanol–water partition coefficient (Wildman–Crippen LogP) is 4.15. The molecule has 1 saturated heterocycles. The molecule has 1 aliphatic heterocycles. The van der Waals surface area contributed by atoms with Crippen LogP contribution in [0.25, 0.3) is 0 Å². The summed E-state index contributed by atoms with van der Waals surface area (Å²) in [7, 11) is 0. The van der Waals surface area contributed by atoms with Crippen molar-refractivity contribution in [2.75, 3.05) is 13.1 Å². The van der Waals surface area contributed by atoms with Crippen LogP contribution in [0.5, 0.6) is 0 Å². The molecule has 1 aromatic heterocycles. The van der Waals surface area contributed by atoms with E-state index in [2.05, 4.69) is 24.0 Å². The van der Waals surface area contributed by atoms with Crippen LogP contribution < -0.4 is 0 Å². The molecule has 0 unspecified atom stereocenters. The molecule has 0 spiro atoms. The Morgan fingerprint density at radius 3 is 2.81 bits per heavy atom. The molecule has 3 rings (SSSR count). The number of carbonyl (C=O) groups excluding carboxylic acids is 2. The third kappa shape index (κ3) is 4.79. The van der Waals surface area contributed by atoms with Gasteiger partial charge in [-0.05, 0) is 37.7 Å². The molecule has 0 saturated carbocycles. The van der Waals surface area contributed by atoms with E-state index in [1.54, 1.807) is 11.3 Å². The molecule has 138 valence electrons. The Labute approximate surface area is 159 Å². The van der Waals surface area contributed by atoms with Gasteiger partial charge in [0.2, 0.25) is 0 Å². The summed E-state index contributed by atoms with van der Waals surface area (Å²) in [4.78, 5) is 31.6. The molecular formula is C21H26N2O2S. The van der Waals surface area contributed by atoms with Crippen LogP contribution in [0.1, 0.15) is 53.7 Å². The van der Waals surface area contributed by atoms with Gasteiger partial charge in [0.25, 0.3) is 5.91 Å². The van der Waals surface area contributed by atoms with E-state index in [0.29, 0.717) is 18.7 Å². The highest BCUT2D eigenvalue weighted by atomic mass is 32.1. The molecule has 0 aliphatic carbocycles. The van der Waals surface area contributed by atoms with Gasteiger partial charge in [-0.1, -0.05) is 37.3 Å². The lowest BCUT2D eigenvalue weighted by Crippen LogP contribution is -2.42. The average Bonchev–Trinajstić information content (AvgIpc) is 3.15. The lowest BCUT2D eigenvalue weighted by atomic mass is 9.90. The van der Waals surface area contributed by atoms with E-state index in [-0.39, 0.29) is 17.6 Å². The molecule has 1 aromatic carbocycles. The first-order chi connectivity index (χ1) is 12.7. The first-order valence-electron chi connectivity index (χ1n) is 9.47. The van der Waals surface area contributed by atoms with Crippen molar-refractivity contribution in [2.45, 2.75) is 45.4 Å². The maximum absolute atomic E-state index is 12.7. The van der Waals surface area contributed by atoms with Gasteiger partial charge >= 0.3 is 0 Å². The summed E-state index contributed by atoms with van der Waals surface area (Å²) < 4.78 is 0. The van der Waals surface area contributed by atoms with Crippen molar-refractivity contribution in [3.63, 3.8) is 0 Å². The van der Waals surface area contributed by atoms with Crippen molar-refractivity contribution in [1.29, 1.82) is 0 Å². The van der Waals surface area contributed by atoms with E-state index in [1.165, 1.54) is 5.56 Å². The van der Waals surface area contributed by atoms with Crippen LogP contribution in [-0.2, 0) is 17.6 Å². The van der Waals surface area contributed by atoms with E-state index in [9.17, 15) is 9.59 Å². The van der Waals surface area contributed by atoms with Gasteiger partial charge in [0.15, 0.2) is 0 Å². The van der Waals surface area contributed by atoms with Crippen molar-refractivity contribution in [3.05, 3.63) is 52.0 Å². The van der Waals surface area contributed by atoms with Gasteiger partial charge in [0.1, 0.15) is 11.5 Å². The number of benzene rings is 1. The molecule has 1 fully saturated rings. The Balaban J connectivity index is 1.55. The number of hydrogen-bond acceptors (Lipinski definition) is 4. The molecule has 1 amide bonds. The Morgan fingerprint density at radius 2 is 2.04 bits per heavy atom. The van der Waals surface area contributed by atoms with E-state index >= 15 is 0 Å². The number of piperidine rings is 1. The second-order valence-electron chi connectivity index (χ2n) is 6.92. The molecule has 2 heterocycles. The summed E-state index contributed by atoms with van der Waals surface area (Å²) >= 11 is 1.55. The average molecular weight is 371 g/mol. The van der Waals surface area contributed by atoms with Crippen LogP contribution in [0.15, 0.2) is 35.7 Å². The van der Waals surface area contributed by atoms with Crippen LogP contribution in [0, 0.1) is 5.92 Å². The molecule has 1 atom stereocenters. The number of thiazole rings is 1. The molecular weight excluding hydrogens is 344 g/mol. The lowest BCUT2D eigenvalue weighted by Gasteiger charge is -2.31. The summed E-state index contributed by atoms with van der Waals surface area (Å²) in [5.74, 6) is 0.214. The number of nitrogens with zero attached hydrogens (tertiary/aromatic N) is 2. The number of ketones is 1. The van der Waals surface area contributed by atoms with Gasteiger partial charge in [-0.2, -0.15) is 0 Å². The maximum atomic E-state index is 12.7. The molecule has 2 aromatic rings. The number of hydrogen-bond donors (Lipinski definition) is 0. The summed E-state index contributed by atoms with van der Waals surface area (Å²) in [5.41, 5.74) is 1.73. The number of aryl methyl sites for hydroxylation is 2. The van der Waals surface area contributed by atoms with Crippen LogP contribution in [0.2, 0.25) is 0 Å². The third-order valence-electron chi connectivity index (χ3n) is 4.90. The van der Waals surface area contributed by atoms with Crippen LogP contribution in [0.3, 0.4) is 0 Å². The summed E-state index contributed by atoms with van der Waals surface area (Å²) in [6, 6.07) is 10.1. The number of likely N-dealkylation sites (tertiary alicyclic amines) is 1. The predicted molar refractivity (Wildman–Crippen MR) is 105 cm³/mol. The van der Waals surface area contributed by atoms with Crippen molar-refractivity contribution in [1.82, 2.24) is 9.88 Å². The minimum absolute atomic E-state index is 0.0239. The zero-order valence-corrected chi connectivity index (χ0v) is 16.1. The molecule has 26 heavy (non-hydrogen) atoms. The van der Waals surface area contributed by atoms with Gasteiger partial charge in [-0.3, -0.25) is 9.59 Å². The smallest absolute Gasteiger partial charge is 0.273 e. The topological polar surface area (TPSA) is 50.3 Å². The van der Waals surface area contributed by atoms with Crippen LogP contribution >= 0.6 is 11.3 Å². The molecule has 1 aliphatic rings. The van der Waals surface area contributed by atoms with Crippen molar-refractivity contribution in [2.24, 2.45) is 5.92 Å². The molecule has 0 bridgehead atoms.